The van der Waals surface area contributed by atoms with Gasteiger partial charge < -0.3 is 9.84 Å². The van der Waals surface area contributed by atoms with Crippen LogP contribution in [0, 0.1) is 4.91 Å². The Morgan fingerprint density at radius 3 is 2.92 bits per heavy atom. The minimum absolute atomic E-state index is 0.100. The zero-order valence-corrected chi connectivity index (χ0v) is 6.64. The summed E-state index contributed by atoms with van der Waals surface area (Å²) in [4.78, 5) is 21.1. The van der Waals surface area contributed by atoms with Crippen molar-refractivity contribution in [2.24, 2.45) is 5.29 Å². The summed E-state index contributed by atoms with van der Waals surface area (Å²) in [6, 6.07) is -0.720. The Kier molecular flexibility index (Phi) is 2.59. The number of rotatable bonds is 2. The molecule has 1 fully saturated rings. The quantitative estimate of drug-likeness (QED) is 0.441. The molecule has 12 heavy (non-hydrogen) atoms. The van der Waals surface area contributed by atoms with E-state index in [1.807, 2.05) is 0 Å². The van der Waals surface area contributed by atoms with E-state index in [1.54, 1.807) is 0 Å². The van der Waals surface area contributed by atoms with Gasteiger partial charge in [0, 0.05) is 6.42 Å². The molecule has 1 aliphatic heterocycles. The highest BCUT2D eigenvalue weighted by Gasteiger charge is 2.37. The monoisotopic (exact) mass is 174 g/mol. The van der Waals surface area contributed by atoms with Crippen LogP contribution < -0.4 is 0 Å². The number of nitroso groups, excluding NO2 is 1. The van der Waals surface area contributed by atoms with Gasteiger partial charge in [-0.1, -0.05) is 0 Å². The number of aliphatic hydroxyl groups is 1. The lowest BCUT2D eigenvalue weighted by molar-refractivity contribution is -0.145. The molecule has 1 N–H and O–H groups in total. The lowest BCUT2D eigenvalue weighted by Crippen LogP contribution is -2.32. The molecule has 0 aromatic carbocycles. The fraction of sp³-hybridized carbons (Fsp3) is 0.833. The predicted octanol–water partition coefficient (Wildman–Crippen LogP) is -0.724. The van der Waals surface area contributed by atoms with Crippen LogP contribution in [0.5, 0.6) is 0 Å². The first-order valence-corrected chi connectivity index (χ1v) is 3.55. The molecule has 0 aromatic heterocycles. The number of hydrogen-bond donors (Lipinski definition) is 1. The molecule has 0 bridgehead atoms. The molecule has 1 aliphatic rings. The van der Waals surface area contributed by atoms with Crippen molar-refractivity contribution in [3.8, 4) is 0 Å². The highest BCUT2D eigenvalue weighted by Crippen LogP contribution is 2.18. The Morgan fingerprint density at radius 1 is 1.75 bits per heavy atom. The second-order valence-corrected chi connectivity index (χ2v) is 2.63. The third-order valence-electron chi connectivity index (χ3n) is 1.83. The zero-order valence-electron chi connectivity index (χ0n) is 6.64. The Morgan fingerprint density at radius 2 is 2.42 bits per heavy atom. The molecule has 6 nitrogen and oxygen atoms in total. The summed E-state index contributed by atoms with van der Waals surface area (Å²) in [7, 11) is 1.23. The Hall–Kier alpha value is -1.17. The fourth-order valence-electron chi connectivity index (χ4n) is 1.24. The molecule has 0 amide bonds. The van der Waals surface area contributed by atoms with Gasteiger partial charge in [-0.2, -0.15) is 0 Å². The van der Waals surface area contributed by atoms with Crippen LogP contribution in [-0.4, -0.2) is 41.9 Å². The number of esters is 1. The van der Waals surface area contributed by atoms with Gasteiger partial charge in [-0.05, 0) is 0 Å². The minimum atomic E-state index is -0.720. The summed E-state index contributed by atoms with van der Waals surface area (Å²) in [5.74, 6) is -0.536. The van der Waals surface area contributed by atoms with E-state index >= 15 is 0 Å². The molecule has 2 atom stereocenters. The van der Waals surface area contributed by atoms with Crippen molar-refractivity contribution in [3.05, 3.63) is 4.91 Å². The van der Waals surface area contributed by atoms with Gasteiger partial charge in [0.25, 0.3) is 0 Å². The van der Waals surface area contributed by atoms with Crippen LogP contribution in [0.15, 0.2) is 5.29 Å². The maximum Gasteiger partial charge on any atom is 0.330 e. The van der Waals surface area contributed by atoms with Gasteiger partial charge in [-0.3, -0.25) is 0 Å². The average molecular weight is 174 g/mol. The van der Waals surface area contributed by atoms with Crippen molar-refractivity contribution in [1.82, 2.24) is 5.01 Å². The summed E-state index contributed by atoms with van der Waals surface area (Å²) in [5, 5.41) is 12.7. The van der Waals surface area contributed by atoms with Crippen molar-refractivity contribution in [2.45, 2.75) is 18.6 Å². The van der Waals surface area contributed by atoms with Crippen molar-refractivity contribution in [1.29, 1.82) is 0 Å². The van der Waals surface area contributed by atoms with E-state index in [0.717, 1.165) is 5.01 Å². The van der Waals surface area contributed by atoms with Gasteiger partial charge in [0.15, 0.2) is 6.04 Å². The van der Waals surface area contributed by atoms with Crippen LogP contribution in [0.4, 0.5) is 0 Å². The first kappa shape index (κ1) is 8.92. The summed E-state index contributed by atoms with van der Waals surface area (Å²) in [6.07, 6.45) is -0.468. The molecule has 0 aromatic rings. The SMILES string of the molecule is COC(=O)C1CC(O)CN1N=O. The third-order valence-corrected chi connectivity index (χ3v) is 1.83. The van der Waals surface area contributed by atoms with Crippen LogP contribution in [0.1, 0.15) is 6.42 Å². The van der Waals surface area contributed by atoms with Gasteiger partial charge >= 0.3 is 5.97 Å². The summed E-state index contributed by atoms with van der Waals surface area (Å²) in [6.45, 7) is 0.100. The van der Waals surface area contributed by atoms with Crippen LogP contribution in [0.3, 0.4) is 0 Å². The molecule has 0 saturated carbocycles. The number of hydrogen-bond acceptors (Lipinski definition) is 5. The Balaban J connectivity index is 2.63. The normalized spacial score (nSPS) is 28.7. The van der Waals surface area contributed by atoms with E-state index in [-0.39, 0.29) is 13.0 Å². The Bertz CT molecular complexity index is 196. The van der Waals surface area contributed by atoms with E-state index in [0.29, 0.717) is 0 Å². The van der Waals surface area contributed by atoms with Gasteiger partial charge in [-0.15, -0.1) is 4.91 Å². The average Bonchev–Trinajstić information content (AvgIpc) is 2.45. The van der Waals surface area contributed by atoms with Crippen LogP contribution in [-0.2, 0) is 9.53 Å². The summed E-state index contributed by atoms with van der Waals surface area (Å²) in [5.41, 5.74) is 0. The van der Waals surface area contributed by atoms with E-state index in [1.165, 1.54) is 7.11 Å². The first-order valence-electron chi connectivity index (χ1n) is 3.55. The van der Waals surface area contributed by atoms with Crippen molar-refractivity contribution in [2.75, 3.05) is 13.7 Å². The highest BCUT2D eigenvalue weighted by molar-refractivity contribution is 5.76. The third kappa shape index (κ3) is 1.53. The summed E-state index contributed by atoms with van der Waals surface area (Å²) >= 11 is 0. The Labute approximate surface area is 69.1 Å². The molecule has 0 radical (unpaired) electrons. The molecular weight excluding hydrogens is 164 g/mol. The molecule has 2 unspecified atom stereocenters. The molecule has 6 heteroatoms. The molecular formula is C6H10N2O4. The number of β-amino-alcohol motifs (C(OH)–C–C–N with tert-alkyl or cyclic N) is 1. The largest absolute Gasteiger partial charge is 0.467 e. The lowest BCUT2D eigenvalue weighted by atomic mass is 10.2. The van der Waals surface area contributed by atoms with E-state index in [4.69, 9.17) is 5.11 Å². The topological polar surface area (TPSA) is 79.2 Å². The van der Waals surface area contributed by atoms with Gasteiger partial charge in [-0.25, -0.2) is 9.80 Å². The molecule has 1 rings (SSSR count). The predicted molar refractivity (Wildman–Crippen MR) is 38.9 cm³/mol. The van der Waals surface area contributed by atoms with Gasteiger partial charge in [0.2, 0.25) is 0 Å². The zero-order chi connectivity index (χ0) is 9.14. The molecule has 1 heterocycles. The number of nitrogens with zero attached hydrogens (tertiary/aromatic N) is 2. The molecule has 1 saturated heterocycles. The maximum atomic E-state index is 11.0. The number of carbonyl (C=O) groups excluding carboxylic acids is 1. The second kappa shape index (κ2) is 3.48. The summed E-state index contributed by atoms with van der Waals surface area (Å²) < 4.78 is 4.42. The van der Waals surface area contributed by atoms with Crippen LogP contribution in [0.25, 0.3) is 0 Å². The second-order valence-electron chi connectivity index (χ2n) is 2.63. The number of methoxy groups -OCH3 is 1. The van der Waals surface area contributed by atoms with Crippen molar-refractivity contribution >= 4 is 5.97 Å². The first-order chi connectivity index (χ1) is 5.69. The smallest absolute Gasteiger partial charge is 0.330 e. The number of aliphatic hydroxyl groups excluding tert-OH is 1. The van der Waals surface area contributed by atoms with Crippen LogP contribution >= 0.6 is 0 Å². The standard InChI is InChI=1S/C6H10N2O4/c1-12-6(10)5-2-4(9)3-8(5)7-11/h4-5,9H,2-3H2,1H3. The minimum Gasteiger partial charge on any atom is -0.467 e. The molecule has 0 aliphatic carbocycles. The van der Waals surface area contributed by atoms with Gasteiger partial charge in [0.1, 0.15) is 0 Å². The van der Waals surface area contributed by atoms with Crippen molar-refractivity contribution in [3.63, 3.8) is 0 Å². The van der Waals surface area contributed by atoms with Gasteiger partial charge in [0.05, 0.1) is 25.0 Å². The molecule has 0 spiro atoms. The van der Waals surface area contributed by atoms with Crippen molar-refractivity contribution < 1.29 is 14.6 Å². The molecule has 68 valence electrons. The lowest BCUT2D eigenvalue weighted by Gasteiger charge is -2.13. The maximum absolute atomic E-state index is 11.0. The van der Waals surface area contributed by atoms with E-state index < -0.39 is 18.1 Å². The number of carbonyl (C=O) groups is 1. The van der Waals surface area contributed by atoms with E-state index in [2.05, 4.69) is 10.0 Å². The van der Waals surface area contributed by atoms with E-state index in [9.17, 15) is 9.70 Å². The van der Waals surface area contributed by atoms with Crippen LogP contribution in [0.2, 0.25) is 0 Å². The number of ether oxygens (including phenoxy) is 1. The highest BCUT2D eigenvalue weighted by atomic mass is 16.5. The fourth-order valence-corrected chi connectivity index (χ4v) is 1.24.